The number of amides is 2. The molecule has 38 heavy (non-hydrogen) atoms. The fourth-order valence-electron chi connectivity index (χ4n) is 5.22. The number of benzene rings is 3. The number of rotatable bonds is 7. The molecule has 9 heteroatoms. The van der Waals surface area contributed by atoms with Crippen molar-refractivity contribution in [2.45, 2.75) is 31.7 Å². The predicted octanol–water partition coefficient (Wildman–Crippen LogP) is 4.43. The van der Waals surface area contributed by atoms with E-state index in [1.807, 2.05) is 41.3 Å². The number of nitrogens with zero attached hydrogens (tertiary/aromatic N) is 3. The number of halogens is 1. The number of piperidine rings is 1. The summed E-state index contributed by atoms with van der Waals surface area (Å²) in [4.78, 5) is 29.7. The Morgan fingerprint density at radius 3 is 2.50 bits per heavy atom. The van der Waals surface area contributed by atoms with Crippen molar-refractivity contribution in [3.8, 4) is 11.5 Å². The topological polar surface area (TPSA) is 94.5 Å². The Labute approximate surface area is 226 Å². The van der Waals surface area contributed by atoms with Crippen molar-refractivity contribution in [3.05, 3.63) is 70.7 Å². The van der Waals surface area contributed by atoms with E-state index < -0.39 is 5.91 Å². The number of likely N-dealkylation sites (tertiary alicyclic amines) is 2. The third-order valence-corrected chi connectivity index (χ3v) is 7.63. The second-order valence-corrected chi connectivity index (χ2v) is 10.1. The van der Waals surface area contributed by atoms with Gasteiger partial charge < -0.3 is 19.6 Å². The fourth-order valence-corrected chi connectivity index (χ4v) is 5.40. The number of phenolic OH excluding ortho intramolecular Hbond substituents is 1. The Morgan fingerprint density at radius 1 is 1.03 bits per heavy atom. The number of nitrogens with one attached hydrogen (secondary N) is 1. The van der Waals surface area contributed by atoms with Crippen molar-refractivity contribution >= 4 is 40.4 Å². The Hall–Kier alpha value is -3.62. The summed E-state index contributed by atoms with van der Waals surface area (Å²) in [5, 5.41) is 15.4. The highest BCUT2D eigenvalue weighted by Gasteiger charge is 2.28. The van der Waals surface area contributed by atoms with Crippen LogP contribution in [0.1, 0.15) is 41.6 Å². The average molecular weight is 535 g/mol. The molecule has 0 saturated carbocycles. The van der Waals surface area contributed by atoms with Gasteiger partial charge in [-0.2, -0.15) is 5.10 Å². The highest BCUT2D eigenvalue weighted by molar-refractivity contribution is 6.32. The molecule has 3 aromatic rings. The van der Waals surface area contributed by atoms with E-state index in [0.717, 1.165) is 42.3 Å². The normalized spacial score (nSPS) is 16.8. The van der Waals surface area contributed by atoms with Crippen LogP contribution < -0.4 is 10.2 Å². The van der Waals surface area contributed by atoms with Gasteiger partial charge in [0.25, 0.3) is 11.8 Å². The van der Waals surface area contributed by atoms with Crippen molar-refractivity contribution < 1.29 is 19.4 Å². The summed E-state index contributed by atoms with van der Waals surface area (Å²) in [6, 6.07) is 16.2. The van der Waals surface area contributed by atoms with Gasteiger partial charge in [0.15, 0.2) is 6.61 Å². The van der Waals surface area contributed by atoms with Crippen LogP contribution in [0.2, 0.25) is 5.02 Å². The molecule has 0 aliphatic carbocycles. The van der Waals surface area contributed by atoms with Gasteiger partial charge in [-0.15, -0.1) is 0 Å². The maximum Gasteiger partial charge on any atom is 0.271 e. The van der Waals surface area contributed by atoms with Gasteiger partial charge in [-0.1, -0.05) is 35.9 Å². The van der Waals surface area contributed by atoms with E-state index in [4.69, 9.17) is 16.3 Å². The van der Waals surface area contributed by atoms with Crippen molar-refractivity contribution in [2.24, 2.45) is 5.10 Å². The molecule has 0 radical (unpaired) electrons. The summed E-state index contributed by atoms with van der Waals surface area (Å²) >= 11 is 5.88. The summed E-state index contributed by atoms with van der Waals surface area (Å²) in [6.07, 6.45) is 6.18. The first-order valence-electron chi connectivity index (χ1n) is 13.0. The van der Waals surface area contributed by atoms with Crippen LogP contribution in [-0.4, -0.2) is 71.8 Å². The molecule has 0 spiro atoms. The van der Waals surface area contributed by atoms with Crippen molar-refractivity contribution in [2.75, 3.05) is 32.8 Å². The fraction of sp³-hybridized carbons (Fsp3) is 0.345. The molecule has 0 unspecified atom stereocenters. The number of hydrogen-bond donors (Lipinski definition) is 2. The van der Waals surface area contributed by atoms with E-state index in [2.05, 4.69) is 15.4 Å². The zero-order chi connectivity index (χ0) is 26.5. The lowest BCUT2D eigenvalue weighted by Crippen LogP contribution is -2.47. The lowest BCUT2D eigenvalue weighted by atomic mass is 10.0. The molecule has 0 atom stereocenters. The highest BCUT2D eigenvalue weighted by atomic mass is 35.5. The van der Waals surface area contributed by atoms with Crippen LogP contribution in [0.4, 0.5) is 0 Å². The summed E-state index contributed by atoms with van der Waals surface area (Å²) in [7, 11) is 0. The minimum Gasteiger partial charge on any atom is -0.506 e. The SMILES string of the molecule is O=C(NN=Cc1ccc(OCC(=O)N2CCC(N3CCCC3)CC2)c2ccccc12)c1ccc(O)c(Cl)c1. The van der Waals surface area contributed by atoms with Gasteiger partial charge in [-0.25, -0.2) is 5.43 Å². The van der Waals surface area contributed by atoms with Gasteiger partial charge in [0.05, 0.1) is 11.2 Å². The Kier molecular flexibility index (Phi) is 8.10. The molecular weight excluding hydrogens is 504 g/mol. The van der Waals surface area contributed by atoms with E-state index in [0.29, 0.717) is 11.8 Å². The van der Waals surface area contributed by atoms with Crippen LogP contribution in [0.25, 0.3) is 10.8 Å². The molecule has 2 heterocycles. The van der Waals surface area contributed by atoms with Gasteiger partial charge >= 0.3 is 0 Å². The van der Waals surface area contributed by atoms with E-state index in [9.17, 15) is 14.7 Å². The molecule has 2 N–H and O–H groups in total. The van der Waals surface area contributed by atoms with Crippen LogP contribution in [0.5, 0.6) is 11.5 Å². The summed E-state index contributed by atoms with van der Waals surface area (Å²) in [5.41, 5.74) is 3.54. The number of carbonyl (C=O) groups is 2. The van der Waals surface area contributed by atoms with Crippen LogP contribution in [0, 0.1) is 0 Å². The van der Waals surface area contributed by atoms with Gasteiger partial charge in [-0.3, -0.25) is 9.59 Å². The van der Waals surface area contributed by atoms with Gasteiger partial charge in [0.2, 0.25) is 0 Å². The highest BCUT2D eigenvalue weighted by Crippen LogP contribution is 2.28. The summed E-state index contributed by atoms with van der Waals surface area (Å²) in [5.74, 6) is 0.0946. The lowest BCUT2D eigenvalue weighted by molar-refractivity contribution is -0.134. The molecule has 0 aromatic heterocycles. The first kappa shape index (κ1) is 26.0. The molecule has 2 amide bonds. The molecule has 0 bridgehead atoms. The second kappa shape index (κ2) is 11.8. The third-order valence-electron chi connectivity index (χ3n) is 7.32. The Morgan fingerprint density at radius 2 is 1.76 bits per heavy atom. The molecule has 2 aliphatic heterocycles. The largest absolute Gasteiger partial charge is 0.506 e. The van der Waals surface area contributed by atoms with Crippen molar-refractivity contribution in [1.29, 1.82) is 0 Å². The number of ether oxygens (including phenoxy) is 1. The van der Waals surface area contributed by atoms with E-state index in [1.165, 1.54) is 44.1 Å². The molecule has 3 aromatic carbocycles. The first-order chi connectivity index (χ1) is 18.5. The molecule has 2 fully saturated rings. The van der Waals surface area contributed by atoms with E-state index in [1.54, 1.807) is 6.21 Å². The Bertz CT molecular complexity index is 1350. The molecule has 5 rings (SSSR count). The first-order valence-corrected chi connectivity index (χ1v) is 13.4. The maximum atomic E-state index is 12.9. The van der Waals surface area contributed by atoms with Crippen molar-refractivity contribution in [3.63, 3.8) is 0 Å². The van der Waals surface area contributed by atoms with Crippen LogP contribution in [-0.2, 0) is 4.79 Å². The van der Waals surface area contributed by atoms with Crippen LogP contribution in [0.3, 0.4) is 0 Å². The van der Waals surface area contributed by atoms with Gasteiger partial charge in [0, 0.05) is 35.6 Å². The predicted molar refractivity (Wildman–Crippen MR) is 148 cm³/mol. The monoisotopic (exact) mass is 534 g/mol. The number of phenols is 1. The number of hydrogen-bond acceptors (Lipinski definition) is 6. The van der Waals surface area contributed by atoms with Gasteiger partial charge in [-0.05, 0) is 74.5 Å². The Balaban J connectivity index is 1.20. The van der Waals surface area contributed by atoms with E-state index in [-0.39, 0.29) is 28.8 Å². The van der Waals surface area contributed by atoms with Crippen molar-refractivity contribution in [1.82, 2.24) is 15.2 Å². The summed E-state index contributed by atoms with van der Waals surface area (Å²) in [6.45, 7) is 3.94. The molecule has 2 saturated heterocycles. The smallest absolute Gasteiger partial charge is 0.271 e. The molecule has 8 nitrogen and oxygen atoms in total. The molecular formula is C29H31ClN4O4. The van der Waals surface area contributed by atoms with Crippen LogP contribution in [0.15, 0.2) is 59.7 Å². The number of hydrazone groups is 1. The van der Waals surface area contributed by atoms with E-state index >= 15 is 0 Å². The third kappa shape index (κ3) is 5.92. The second-order valence-electron chi connectivity index (χ2n) is 9.71. The molecule has 2 aliphatic rings. The molecule has 198 valence electrons. The minimum absolute atomic E-state index is 0.00292. The number of carbonyl (C=O) groups excluding carboxylic acids is 2. The van der Waals surface area contributed by atoms with Gasteiger partial charge in [0.1, 0.15) is 11.5 Å². The van der Waals surface area contributed by atoms with Crippen LogP contribution >= 0.6 is 11.6 Å². The minimum atomic E-state index is -0.449. The lowest BCUT2D eigenvalue weighted by Gasteiger charge is -2.36. The zero-order valence-corrected chi connectivity index (χ0v) is 21.9. The number of fused-ring (bicyclic) bond motifs is 1. The zero-order valence-electron chi connectivity index (χ0n) is 21.1. The average Bonchev–Trinajstić information content (AvgIpc) is 3.49. The maximum absolute atomic E-state index is 12.9. The standard InChI is InChI=1S/C29H31ClN4O4/c30-25-17-20(7-9-26(25)35)29(37)32-31-18-21-8-10-27(24-6-2-1-5-23(21)24)38-19-28(36)34-15-11-22(12-16-34)33-13-3-4-14-33/h1-2,5-10,17-18,22,35H,3-4,11-16,19H2,(H,32,37). The quantitative estimate of drug-likeness (QED) is 0.345. The summed E-state index contributed by atoms with van der Waals surface area (Å²) < 4.78 is 5.99. The number of aromatic hydroxyl groups is 1.